The second-order valence-corrected chi connectivity index (χ2v) is 11.0. The van der Waals surface area contributed by atoms with Crippen LogP contribution in [0, 0.1) is 5.92 Å². The second-order valence-electron chi connectivity index (χ2n) is 8.67. The van der Waals surface area contributed by atoms with E-state index in [-0.39, 0.29) is 43.1 Å². The highest BCUT2D eigenvalue weighted by molar-refractivity contribution is 7.89. The maximum atomic E-state index is 13.4. The lowest BCUT2D eigenvalue weighted by atomic mass is 9.88. The van der Waals surface area contributed by atoms with Crippen molar-refractivity contribution < 1.29 is 27.4 Å². The molecule has 1 fully saturated rings. The zero-order chi connectivity index (χ0) is 25.3. The molecule has 36 heavy (non-hydrogen) atoms. The highest BCUT2D eigenvalue weighted by atomic mass is 35.5. The number of hydrogen-bond acceptors (Lipinski definition) is 6. The lowest BCUT2D eigenvalue weighted by Crippen LogP contribution is -2.35. The molecule has 1 amide bonds. The molecule has 1 N–H and O–H groups in total. The molecule has 2 aliphatic heterocycles. The van der Waals surface area contributed by atoms with Crippen molar-refractivity contribution in [2.45, 2.75) is 17.4 Å². The fourth-order valence-electron chi connectivity index (χ4n) is 4.57. The van der Waals surface area contributed by atoms with Gasteiger partial charge in [0, 0.05) is 30.6 Å². The predicted octanol–water partition coefficient (Wildman–Crippen LogP) is 3.80. The average molecular weight is 529 g/mol. The fraction of sp³-hybridized carbons (Fsp3) is 0.269. The second kappa shape index (κ2) is 10.0. The van der Waals surface area contributed by atoms with Crippen LogP contribution in [0.2, 0.25) is 5.02 Å². The van der Waals surface area contributed by atoms with Gasteiger partial charge in [-0.1, -0.05) is 29.8 Å². The number of nitrogens with zero attached hydrogens (tertiary/aromatic N) is 1. The largest absolute Gasteiger partial charge is 0.497 e. The molecule has 8 nitrogen and oxygen atoms in total. The Hall–Kier alpha value is -3.27. The van der Waals surface area contributed by atoms with Crippen LogP contribution in [0.15, 0.2) is 71.6 Å². The van der Waals surface area contributed by atoms with Gasteiger partial charge in [0.15, 0.2) is 11.5 Å². The van der Waals surface area contributed by atoms with Gasteiger partial charge in [0.05, 0.1) is 17.9 Å². The summed E-state index contributed by atoms with van der Waals surface area (Å²) in [7, 11) is -2.25. The normalized spacial score (nSPS) is 19.3. The average Bonchev–Trinajstić information content (AvgIpc) is 3.55. The third-order valence-electron chi connectivity index (χ3n) is 6.50. The van der Waals surface area contributed by atoms with Crippen LogP contribution in [0.4, 0.5) is 0 Å². The van der Waals surface area contributed by atoms with Crippen molar-refractivity contribution >= 4 is 27.5 Å². The SMILES string of the molecule is COc1cccc(C2CN(S(=O)(=O)c3ccc(Cl)cc3)CC2C(=O)NCc2ccc3c(c2)OCO3)c1. The standard InChI is InChI=1S/C26H25ClN2O6S/c1-33-20-4-2-3-18(12-20)22-14-29(36(31,32)21-8-6-19(27)7-9-21)15-23(22)26(30)28-13-17-5-10-24-25(11-17)35-16-34-24/h2-12,22-23H,13-16H2,1H3,(H,28,30). The minimum Gasteiger partial charge on any atom is -0.497 e. The van der Waals surface area contributed by atoms with Crippen LogP contribution < -0.4 is 19.5 Å². The Balaban J connectivity index is 1.39. The molecule has 0 spiro atoms. The smallest absolute Gasteiger partial charge is 0.243 e. The Morgan fingerprint density at radius 3 is 2.61 bits per heavy atom. The number of methoxy groups -OCH3 is 1. The van der Waals surface area contributed by atoms with Gasteiger partial charge < -0.3 is 19.5 Å². The number of rotatable bonds is 7. The van der Waals surface area contributed by atoms with Gasteiger partial charge in [-0.3, -0.25) is 4.79 Å². The summed E-state index contributed by atoms with van der Waals surface area (Å²) in [5, 5.41) is 3.42. The topological polar surface area (TPSA) is 94.2 Å². The third-order valence-corrected chi connectivity index (χ3v) is 8.60. The zero-order valence-electron chi connectivity index (χ0n) is 19.5. The van der Waals surface area contributed by atoms with Crippen LogP contribution >= 0.6 is 11.6 Å². The molecule has 5 rings (SSSR count). The first-order chi connectivity index (χ1) is 17.3. The van der Waals surface area contributed by atoms with E-state index in [9.17, 15) is 13.2 Å². The van der Waals surface area contributed by atoms with E-state index in [4.69, 9.17) is 25.8 Å². The van der Waals surface area contributed by atoms with Gasteiger partial charge in [-0.15, -0.1) is 0 Å². The van der Waals surface area contributed by atoms with Crippen LogP contribution in [0.25, 0.3) is 0 Å². The molecule has 2 heterocycles. The number of sulfonamides is 1. The highest BCUT2D eigenvalue weighted by Crippen LogP contribution is 2.37. The first kappa shape index (κ1) is 24.4. The number of carbonyl (C=O) groups is 1. The first-order valence-electron chi connectivity index (χ1n) is 11.4. The summed E-state index contributed by atoms with van der Waals surface area (Å²) in [5.74, 6) is 0.784. The molecule has 1 saturated heterocycles. The fourth-order valence-corrected chi connectivity index (χ4v) is 6.18. The molecule has 2 unspecified atom stereocenters. The van der Waals surface area contributed by atoms with E-state index in [2.05, 4.69) is 5.32 Å². The summed E-state index contributed by atoms with van der Waals surface area (Å²) in [5.41, 5.74) is 1.69. The van der Waals surface area contributed by atoms with Crippen LogP contribution in [-0.4, -0.2) is 45.6 Å². The van der Waals surface area contributed by atoms with E-state index in [1.165, 1.54) is 16.4 Å². The highest BCUT2D eigenvalue weighted by Gasteiger charge is 2.43. The number of fused-ring (bicyclic) bond motifs is 1. The van der Waals surface area contributed by atoms with Gasteiger partial charge in [-0.25, -0.2) is 8.42 Å². The van der Waals surface area contributed by atoms with Crippen molar-refractivity contribution in [1.29, 1.82) is 0 Å². The van der Waals surface area contributed by atoms with Crippen molar-refractivity contribution in [3.05, 3.63) is 82.9 Å². The van der Waals surface area contributed by atoms with Crippen molar-refractivity contribution in [3.63, 3.8) is 0 Å². The van der Waals surface area contributed by atoms with E-state index >= 15 is 0 Å². The molecule has 0 bridgehead atoms. The van der Waals surface area contributed by atoms with Crippen LogP contribution in [0.3, 0.4) is 0 Å². The molecule has 3 aromatic rings. The number of nitrogens with one attached hydrogen (secondary N) is 1. The van der Waals surface area contributed by atoms with E-state index in [0.29, 0.717) is 22.3 Å². The van der Waals surface area contributed by atoms with Crippen molar-refractivity contribution in [2.75, 3.05) is 27.0 Å². The molecule has 0 radical (unpaired) electrons. The number of ether oxygens (including phenoxy) is 3. The van der Waals surface area contributed by atoms with Crippen LogP contribution in [0.1, 0.15) is 17.0 Å². The molecule has 10 heteroatoms. The Morgan fingerprint density at radius 2 is 1.83 bits per heavy atom. The number of carbonyl (C=O) groups excluding carboxylic acids is 1. The lowest BCUT2D eigenvalue weighted by molar-refractivity contribution is -0.125. The summed E-state index contributed by atoms with van der Waals surface area (Å²) >= 11 is 5.95. The maximum Gasteiger partial charge on any atom is 0.243 e. The summed E-state index contributed by atoms with van der Waals surface area (Å²) in [4.78, 5) is 13.5. The Morgan fingerprint density at radius 1 is 1.06 bits per heavy atom. The Kier molecular flexibility index (Phi) is 6.79. The molecular formula is C26H25ClN2O6S. The van der Waals surface area contributed by atoms with Gasteiger partial charge in [-0.2, -0.15) is 4.31 Å². The number of halogens is 1. The maximum absolute atomic E-state index is 13.4. The van der Waals surface area contributed by atoms with Gasteiger partial charge in [0.25, 0.3) is 0 Å². The molecule has 188 valence electrons. The molecule has 3 aromatic carbocycles. The van der Waals surface area contributed by atoms with Crippen molar-refractivity contribution in [1.82, 2.24) is 9.62 Å². The van der Waals surface area contributed by atoms with Crippen LogP contribution in [-0.2, 0) is 21.4 Å². The van der Waals surface area contributed by atoms with Gasteiger partial charge >= 0.3 is 0 Å². The zero-order valence-corrected chi connectivity index (χ0v) is 21.1. The molecule has 2 atom stereocenters. The van der Waals surface area contributed by atoms with Crippen LogP contribution in [0.5, 0.6) is 17.2 Å². The van der Waals surface area contributed by atoms with E-state index < -0.39 is 15.9 Å². The molecule has 0 aliphatic carbocycles. The monoisotopic (exact) mass is 528 g/mol. The molecular weight excluding hydrogens is 504 g/mol. The summed E-state index contributed by atoms with van der Waals surface area (Å²) in [6.45, 7) is 0.675. The third kappa shape index (κ3) is 4.86. The first-order valence-corrected chi connectivity index (χ1v) is 13.2. The summed E-state index contributed by atoms with van der Waals surface area (Å²) in [6, 6.07) is 18.9. The predicted molar refractivity (Wildman–Crippen MR) is 134 cm³/mol. The molecule has 2 aliphatic rings. The van der Waals surface area contributed by atoms with Gasteiger partial charge in [0.2, 0.25) is 22.7 Å². The number of benzene rings is 3. The van der Waals surface area contributed by atoms with E-state index in [1.54, 1.807) is 25.3 Å². The Labute approximate surface area is 214 Å². The Bertz CT molecular complexity index is 1380. The number of amides is 1. The summed E-state index contributed by atoms with van der Waals surface area (Å²) in [6.07, 6.45) is 0. The van der Waals surface area contributed by atoms with Crippen molar-refractivity contribution in [2.24, 2.45) is 5.92 Å². The molecule has 0 aromatic heterocycles. The van der Waals surface area contributed by atoms with E-state index in [0.717, 1.165) is 11.1 Å². The van der Waals surface area contributed by atoms with Crippen molar-refractivity contribution in [3.8, 4) is 17.2 Å². The summed E-state index contributed by atoms with van der Waals surface area (Å²) < 4.78 is 44.3. The minimum absolute atomic E-state index is 0.0554. The van der Waals surface area contributed by atoms with E-state index in [1.807, 2.05) is 36.4 Å². The quantitative estimate of drug-likeness (QED) is 0.501. The van der Waals surface area contributed by atoms with Gasteiger partial charge in [-0.05, 0) is 59.7 Å². The number of hydrogen-bond donors (Lipinski definition) is 1. The minimum atomic E-state index is -3.82. The molecule has 0 saturated carbocycles. The lowest BCUT2D eigenvalue weighted by Gasteiger charge is -2.19. The van der Waals surface area contributed by atoms with Gasteiger partial charge in [0.1, 0.15) is 5.75 Å².